The maximum Gasteiger partial charge on any atom is 0.246 e. The molecular weight excluding hydrogens is 290 g/mol. The van der Waals surface area contributed by atoms with Crippen LogP contribution in [-0.4, -0.2) is 59.9 Å². The predicted molar refractivity (Wildman–Crippen MR) is 86.7 cm³/mol. The molecule has 1 aromatic carbocycles. The Morgan fingerprint density at radius 2 is 1.87 bits per heavy atom. The van der Waals surface area contributed by atoms with Crippen LogP contribution in [0.3, 0.4) is 0 Å². The first-order valence-corrected chi connectivity index (χ1v) is 8.58. The van der Waals surface area contributed by atoms with Crippen LogP contribution in [0.15, 0.2) is 30.3 Å². The van der Waals surface area contributed by atoms with Crippen molar-refractivity contribution in [2.75, 3.05) is 26.2 Å². The van der Waals surface area contributed by atoms with Gasteiger partial charge in [0.05, 0.1) is 0 Å². The summed E-state index contributed by atoms with van der Waals surface area (Å²) in [6, 6.07) is 9.16. The van der Waals surface area contributed by atoms with E-state index in [0.717, 1.165) is 24.6 Å². The van der Waals surface area contributed by atoms with E-state index >= 15 is 0 Å². The van der Waals surface area contributed by atoms with E-state index in [2.05, 4.69) is 10.2 Å². The average molecular weight is 313 g/mol. The summed E-state index contributed by atoms with van der Waals surface area (Å²) in [5, 5.41) is 2.95. The molecule has 0 radical (unpaired) electrons. The van der Waals surface area contributed by atoms with Crippen molar-refractivity contribution in [2.45, 2.75) is 31.3 Å². The molecule has 5 heteroatoms. The van der Waals surface area contributed by atoms with Gasteiger partial charge >= 0.3 is 0 Å². The van der Waals surface area contributed by atoms with Crippen molar-refractivity contribution < 1.29 is 9.59 Å². The molecule has 5 nitrogen and oxygen atoms in total. The fraction of sp³-hybridized carbons (Fsp3) is 0.556. The molecule has 2 atom stereocenters. The highest BCUT2D eigenvalue weighted by molar-refractivity contribution is 5.97. The van der Waals surface area contributed by atoms with E-state index in [1.165, 1.54) is 12.8 Å². The zero-order valence-electron chi connectivity index (χ0n) is 13.3. The molecule has 0 aromatic heterocycles. The third-order valence-electron chi connectivity index (χ3n) is 5.16. The smallest absolute Gasteiger partial charge is 0.246 e. The fourth-order valence-corrected chi connectivity index (χ4v) is 3.68. The third kappa shape index (κ3) is 3.11. The van der Waals surface area contributed by atoms with Crippen molar-refractivity contribution in [3.63, 3.8) is 0 Å². The van der Waals surface area contributed by atoms with Crippen LogP contribution in [0.25, 0.3) is 0 Å². The van der Waals surface area contributed by atoms with Gasteiger partial charge in [-0.3, -0.25) is 14.5 Å². The lowest BCUT2D eigenvalue weighted by Crippen LogP contribution is -2.69. The second kappa shape index (κ2) is 5.96. The summed E-state index contributed by atoms with van der Waals surface area (Å²) < 4.78 is 0. The van der Waals surface area contributed by atoms with E-state index in [1.807, 2.05) is 30.3 Å². The molecule has 1 aliphatic carbocycles. The van der Waals surface area contributed by atoms with Crippen molar-refractivity contribution in [3.8, 4) is 0 Å². The van der Waals surface area contributed by atoms with E-state index in [1.54, 1.807) is 4.90 Å². The van der Waals surface area contributed by atoms with Gasteiger partial charge in [0.15, 0.2) is 0 Å². The minimum atomic E-state index is -0.420. The molecule has 2 aliphatic heterocycles. The first kappa shape index (κ1) is 14.7. The summed E-state index contributed by atoms with van der Waals surface area (Å²) in [4.78, 5) is 29.4. The Bertz CT molecular complexity index is 600. The minimum Gasteiger partial charge on any atom is -0.342 e. The number of nitrogens with one attached hydrogen (secondary N) is 1. The molecule has 3 fully saturated rings. The summed E-state index contributed by atoms with van der Waals surface area (Å²) in [7, 11) is 0. The molecular formula is C18H23N3O2. The Morgan fingerprint density at radius 3 is 2.61 bits per heavy atom. The molecule has 1 N–H and O–H groups in total. The highest BCUT2D eigenvalue weighted by Gasteiger charge is 2.43. The van der Waals surface area contributed by atoms with Gasteiger partial charge in [-0.2, -0.15) is 0 Å². The maximum absolute atomic E-state index is 12.7. The number of nitrogens with zero attached hydrogens (tertiary/aromatic N) is 2. The topological polar surface area (TPSA) is 52.7 Å². The highest BCUT2D eigenvalue weighted by Crippen LogP contribution is 2.30. The average Bonchev–Trinajstić information content (AvgIpc) is 3.37. The normalized spacial score (nSPS) is 28.4. The first-order valence-electron chi connectivity index (χ1n) is 8.58. The molecule has 2 saturated heterocycles. The Balaban J connectivity index is 1.43. The number of amides is 2. The number of piperazine rings is 2. The Morgan fingerprint density at radius 1 is 1.09 bits per heavy atom. The monoisotopic (exact) mass is 313 g/mol. The largest absolute Gasteiger partial charge is 0.342 e. The minimum absolute atomic E-state index is 0.00558. The number of rotatable bonds is 4. The summed E-state index contributed by atoms with van der Waals surface area (Å²) in [5.41, 5.74) is 1.08. The number of benzene rings is 1. The standard InChI is InChI=1S/C18H23N3O2/c22-17-16-12-20(11-14-6-7-14)8-9-21(16)18(23)15(19-17)10-13-4-2-1-3-5-13/h1-5,14-16H,6-12H2,(H,19,22)/t15-,16+/m0/s1. The number of carbonyl (C=O) groups is 2. The van der Waals surface area contributed by atoms with Gasteiger partial charge < -0.3 is 10.2 Å². The zero-order valence-corrected chi connectivity index (χ0v) is 13.3. The first-order chi connectivity index (χ1) is 11.2. The molecule has 2 amide bonds. The SMILES string of the molecule is O=C1N[C@@H](Cc2ccccc2)C(=O)N2CCN(CC3CC3)C[C@H]12. The Hall–Kier alpha value is -1.88. The van der Waals surface area contributed by atoms with Crippen LogP contribution in [0, 0.1) is 5.92 Å². The lowest BCUT2D eigenvalue weighted by atomic mass is 9.98. The number of hydrogen-bond donors (Lipinski definition) is 1. The molecule has 122 valence electrons. The summed E-state index contributed by atoms with van der Waals surface area (Å²) in [6.07, 6.45) is 3.20. The van der Waals surface area contributed by atoms with E-state index in [-0.39, 0.29) is 17.9 Å². The van der Waals surface area contributed by atoms with Gasteiger partial charge in [-0.1, -0.05) is 30.3 Å². The zero-order chi connectivity index (χ0) is 15.8. The van der Waals surface area contributed by atoms with Crippen molar-refractivity contribution in [1.82, 2.24) is 15.1 Å². The van der Waals surface area contributed by atoms with Gasteiger partial charge in [0.1, 0.15) is 12.1 Å². The van der Waals surface area contributed by atoms with Crippen LogP contribution in [0.2, 0.25) is 0 Å². The summed E-state index contributed by atoms with van der Waals surface area (Å²) in [6.45, 7) is 3.34. The highest BCUT2D eigenvalue weighted by atomic mass is 16.2. The van der Waals surface area contributed by atoms with Crippen LogP contribution < -0.4 is 5.32 Å². The van der Waals surface area contributed by atoms with E-state index in [4.69, 9.17) is 0 Å². The number of hydrogen-bond acceptors (Lipinski definition) is 3. The predicted octanol–water partition coefficient (Wildman–Crippen LogP) is 0.650. The molecule has 3 aliphatic rings. The quantitative estimate of drug-likeness (QED) is 0.888. The molecule has 1 aromatic rings. The molecule has 2 heterocycles. The van der Waals surface area contributed by atoms with Crippen molar-refractivity contribution in [1.29, 1.82) is 0 Å². The Labute approximate surface area is 136 Å². The van der Waals surface area contributed by atoms with Crippen LogP contribution in [-0.2, 0) is 16.0 Å². The number of fused-ring (bicyclic) bond motifs is 1. The van der Waals surface area contributed by atoms with Crippen LogP contribution in [0.4, 0.5) is 0 Å². The van der Waals surface area contributed by atoms with E-state index < -0.39 is 6.04 Å². The number of carbonyl (C=O) groups excluding carboxylic acids is 2. The molecule has 23 heavy (non-hydrogen) atoms. The maximum atomic E-state index is 12.7. The lowest BCUT2D eigenvalue weighted by molar-refractivity contribution is -0.152. The van der Waals surface area contributed by atoms with Gasteiger partial charge in [-0.15, -0.1) is 0 Å². The van der Waals surface area contributed by atoms with E-state index in [9.17, 15) is 9.59 Å². The van der Waals surface area contributed by atoms with E-state index in [0.29, 0.717) is 19.5 Å². The summed E-state index contributed by atoms with van der Waals surface area (Å²) >= 11 is 0. The second-order valence-corrected chi connectivity index (χ2v) is 7.00. The van der Waals surface area contributed by atoms with Gasteiger partial charge in [-0.25, -0.2) is 0 Å². The molecule has 0 unspecified atom stereocenters. The second-order valence-electron chi connectivity index (χ2n) is 7.00. The van der Waals surface area contributed by atoms with Crippen molar-refractivity contribution in [3.05, 3.63) is 35.9 Å². The van der Waals surface area contributed by atoms with Gasteiger partial charge in [0.2, 0.25) is 11.8 Å². The van der Waals surface area contributed by atoms with Crippen LogP contribution in [0.1, 0.15) is 18.4 Å². The van der Waals surface area contributed by atoms with Crippen LogP contribution in [0.5, 0.6) is 0 Å². The van der Waals surface area contributed by atoms with Crippen LogP contribution >= 0.6 is 0 Å². The van der Waals surface area contributed by atoms with Gasteiger partial charge in [0, 0.05) is 32.6 Å². The molecule has 4 rings (SSSR count). The van der Waals surface area contributed by atoms with Crippen molar-refractivity contribution in [2.24, 2.45) is 5.92 Å². The molecule has 1 saturated carbocycles. The third-order valence-corrected chi connectivity index (χ3v) is 5.16. The Kier molecular flexibility index (Phi) is 3.81. The molecule has 0 spiro atoms. The fourth-order valence-electron chi connectivity index (χ4n) is 3.68. The lowest BCUT2D eigenvalue weighted by Gasteiger charge is -2.45. The molecule has 0 bridgehead atoms. The summed E-state index contributed by atoms with van der Waals surface area (Å²) in [5.74, 6) is 0.894. The van der Waals surface area contributed by atoms with Gasteiger partial charge in [0.25, 0.3) is 0 Å². The van der Waals surface area contributed by atoms with Crippen molar-refractivity contribution >= 4 is 11.8 Å². The van der Waals surface area contributed by atoms with Gasteiger partial charge in [-0.05, 0) is 24.3 Å².